The quantitative estimate of drug-likeness (QED) is 0.658. The van der Waals surface area contributed by atoms with Crippen LogP contribution in [0.4, 0.5) is 5.69 Å². The minimum atomic E-state index is -0.481. The Morgan fingerprint density at radius 2 is 2.20 bits per heavy atom. The van der Waals surface area contributed by atoms with E-state index in [1.165, 1.54) is 12.1 Å². The Balaban J connectivity index is 2.25. The number of amides is 1. The number of benzene rings is 1. The first-order valence-electron chi connectivity index (χ1n) is 6.70. The van der Waals surface area contributed by atoms with E-state index in [1.807, 2.05) is 6.92 Å². The molecule has 1 aliphatic heterocycles. The number of piperidine rings is 1. The van der Waals surface area contributed by atoms with Gasteiger partial charge in [0.2, 0.25) is 0 Å². The van der Waals surface area contributed by atoms with Gasteiger partial charge in [-0.05, 0) is 24.8 Å². The third-order valence-corrected chi connectivity index (χ3v) is 3.92. The largest absolute Gasteiger partial charge is 0.338 e. The molecule has 20 heavy (non-hydrogen) atoms. The van der Waals surface area contributed by atoms with E-state index in [9.17, 15) is 14.9 Å². The molecule has 0 spiro atoms. The second-order valence-electron chi connectivity index (χ2n) is 5.44. The van der Waals surface area contributed by atoms with Crippen LogP contribution in [0.25, 0.3) is 0 Å². The van der Waals surface area contributed by atoms with Gasteiger partial charge in [-0.3, -0.25) is 14.9 Å². The molecule has 2 rings (SSSR count). The van der Waals surface area contributed by atoms with Crippen LogP contribution in [0.3, 0.4) is 0 Å². The summed E-state index contributed by atoms with van der Waals surface area (Å²) in [6.45, 7) is 5.01. The summed E-state index contributed by atoms with van der Waals surface area (Å²) in [5, 5.41) is 10.8. The minimum absolute atomic E-state index is 0.0549. The van der Waals surface area contributed by atoms with Crippen LogP contribution in [0.2, 0.25) is 0 Å². The first kappa shape index (κ1) is 14.5. The van der Waals surface area contributed by atoms with Crippen molar-refractivity contribution in [2.75, 3.05) is 13.1 Å². The smallest absolute Gasteiger partial charge is 0.270 e. The summed E-state index contributed by atoms with van der Waals surface area (Å²) in [7, 11) is 0. The molecular weight excluding hydrogens is 258 g/mol. The zero-order valence-electron chi connectivity index (χ0n) is 11.7. The van der Waals surface area contributed by atoms with Gasteiger partial charge in [-0.15, -0.1) is 0 Å². The Labute approximate surface area is 117 Å². The molecule has 0 radical (unpaired) electrons. The Morgan fingerprint density at radius 1 is 1.50 bits per heavy atom. The van der Waals surface area contributed by atoms with Gasteiger partial charge in [0.05, 0.1) is 4.92 Å². The lowest BCUT2D eigenvalue weighted by Gasteiger charge is -2.35. The molecule has 0 aromatic heterocycles. The monoisotopic (exact) mass is 277 g/mol. The van der Waals surface area contributed by atoms with Crippen molar-refractivity contribution in [3.05, 3.63) is 39.4 Å². The number of hydrogen-bond acceptors (Lipinski definition) is 4. The lowest BCUT2D eigenvalue weighted by Crippen LogP contribution is -2.48. The standard InChI is InChI=1S/C14H19N3O3/c1-9-3-4-11(17(19)20)7-12(9)14(18)16-6-5-13(15)10(2)8-16/h3-4,7,10,13H,5-6,8,15H2,1-2H3. The molecule has 0 saturated carbocycles. The molecular formula is C14H19N3O3. The maximum absolute atomic E-state index is 12.5. The summed E-state index contributed by atoms with van der Waals surface area (Å²) in [4.78, 5) is 24.6. The topological polar surface area (TPSA) is 89.5 Å². The molecule has 2 N–H and O–H groups in total. The molecule has 1 aromatic rings. The van der Waals surface area contributed by atoms with Gasteiger partial charge in [0.15, 0.2) is 0 Å². The Hall–Kier alpha value is -1.95. The minimum Gasteiger partial charge on any atom is -0.338 e. The number of carbonyl (C=O) groups is 1. The number of rotatable bonds is 2. The highest BCUT2D eigenvalue weighted by molar-refractivity contribution is 5.96. The number of carbonyl (C=O) groups excluding carboxylic acids is 1. The highest BCUT2D eigenvalue weighted by atomic mass is 16.6. The molecule has 108 valence electrons. The summed E-state index contributed by atoms with van der Waals surface area (Å²) < 4.78 is 0. The second-order valence-corrected chi connectivity index (χ2v) is 5.44. The number of non-ortho nitro benzene ring substituents is 1. The third kappa shape index (κ3) is 2.80. The molecule has 1 amide bonds. The van der Waals surface area contributed by atoms with E-state index in [-0.39, 0.29) is 23.6 Å². The number of nitro benzene ring substituents is 1. The van der Waals surface area contributed by atoms with Gasteiger partial charge in [-0.2, -0.15) is 0 Å². The van der Waals surface area contributed by atoms with Gasteiger partial charge in [0.25, 0.3) is 11.6 Å². The van der Waals surface area contributed by atoms with Crippen LogP contribution in [0.5, 0.6) is 0 Å². The molecule has 2 atom stereocenters. The normalized spacial score (nSPS) is 22.6. The molecule has 1 heterocycles. The van der Waals surface area contributed by atoms with Crippen LogP contribution in [0, 0.1) is 23.0 Å². The number of hydrogen-bond donors (Lipinski definition) is 1. The second kappa shape index (κ2) is 5.58. The lowest BCUT2D eigenvalue weighted by molar-refractivity contribution is -0.384. The van der Waals surface area contributed by atoms with E-state index in [0.29, 0.717) is 18.7 Å². The van der Waals surface area contributed by atoms with Crippen molar-refractivity contribution in [3.8, 4) is 0 Å². The summed E-state index contributed by atoms with van der Waals surface area (Å²) in [5.74, 6) is 0.0941. The van der Waals surface area contributed by atoms with Gasteiger partial charge >= 0.3 is 0 Å². The first-order valence-corrected chi connectivity index (χ1v) is 6.70. The van der Waals surface area contributed by atoms with E-state index < -0.39 is 4.92 Å². The average Bonchev–Trinajstić information content (AvgIpc) is 2.41. The molecule has 1 fully saturated rings. The Morgan fingerprint density at radius 3 is 2.80 bits per heavy atom. The highest BCUT2D eigenvalue weighted by Gasteiger charge is 2.28. The summed E-state index contributed by atoms with van der Waals surface area (Å²) in [6, 6.07) is 4.51. The number of nitrogens with zero attached hydrogens (tertiary/aromatic N) is 2. The van der Waals surface area contributed by atoms with Crippen LogP contribution in [-0.2, 0) is 0 Å². The number of nitro groups is 1. The summed E-state index contributed by atoms with van der Waals surface area (Å²) >= 11 is 0. The van der Waals surface area contributed by atoms with Crippen molar-refractivity contribution >= 4 is 11.6 Å². The molecule has 1 saturated heterocycles. The average molecular weight is 277 g/mol. The molecule has 2 unspecified atom stereocenters. The highest BCUT2D eigenvalue weighted by Crippen LogP contribution is 2.22. The first-order chi connectivity index (χ1) is 9.40. The maximum Gasteiger partial charge on any atom is 0.270 e. The van der Waals surface area contributed by atoms with E-state index in [0.717, 1.165) is 12.0 Å². The van der Waals surface area contributed by atoms with Crippen LogP contribution in [-0.4, -0.2) is 34.9 Å². The Kier molecular flexibility index (Phi) is 4.04. The van der Waals surface area contributed by atoms with Gasteiger partial charge in [0.1, 0.15) is 0 Å². The molecule has 0 aliphatic carbocycles. The maximum atomic E-state index is 12.5. The van der Waals surface area contributed by atoms with Crippen LogP contribution >= 0.6 is 0 Å². The van der Waals surface area contributed by atoms with E-state index >= 15 is 0 Å². The lowest BCUT2D eigenvalue weighted by atomic mass is 9.94. The number of likely N-dealkylation sites (tertiary alicyclic amines) is 1. The fourth-order valence-corrected chi connectivity index (χ4v) is 2.47. The van der Waals surface area contributed by atoms with E-state index in [1.54, 1.807) is 17.9 Å². The van der Waals surface area contributed by atoms with E-state index in [4.69, 9.17) is 5.73 Å². The molecule has 6 heteroatoms. The van der Waals surface area contributed by atoms with Gasteiger partial charge in [0, 0.05) is 36.8 Å². The van der Waals surface area contributed by atoms with Gasteiger partial charge < -0.3 is 10.6 Å². The summed E-state index contributed by atoms with van der Waals surface area (Å²) in [5.41, 5.74) is 7.05. The number of nitrogens with two attached hydrogens (primary N) is 1. The number of aryl methyl sites for hydroxylation is 1. The molecule has 6 nitrogen and oxygen atoms in total. The van der Waals surface area contributed by atoms with Crippen molar-refractivity contribution in [2.24, 2.45) is 11.7 Å². The van der Waals surface area contributed by atoms with Crippen LogP contribution in [0.1, 0.15) is 29.3 Å². The zero-order chi connectivity index (χ0) is 14.9. The van der Waals surface area contributed by atoms with Gasteiger partial charge in [-0.1, -0.05) is 13.0 Å². The van der Waals surface area contributed by atoms with Crippen molar-refractivity contribution in [2.45, 2.75) is 26.3 Å². The van der Waals surface area contributed by atoms with Crippen molar-refractivity contribution in [1.82, 2.24) is 4.90 Å². The predicted octanol–water partition coefficient (Wildman–Crippen LogP) is 1.71. The molecule has 1 aliphatic rings. The van der Waals surface area contributed by atoms with Crippen molar-refractivity contribution in [3.63, 3.8) is 0 Å². The zero-order valence-corrected chi connectivity index (χ0v) is 11.7. The van der Waals surface area contributed by atoms with Crippen LogP contribution in [0.15, 0.2) is 18.2 Å². The van der Waals surface area contributed by atoms with Crippen LogP contribution < -0.4 is 5.73 Å². The predicted molar refractivity (Wildman–Crippen MR) is 75.5 cm³/mol. The molecule has 0 bridgehead atoms. The third-order valence-electron chi connectivity index (χ3n) is 3.92. The Bertz CT molecular complexity index is 544. The SMILES string of the molecule is Cc1ccc([N+](=O)[O-])cc1C(=O)N1CCC(N)C(C)C1. The van der Waals surface area contributed by atoms with E-state index in [2.05, 4.69) is 0 Å². The van der Waals surface area contributed by atoms with Crippen molar-refractivity contribution < 1.29 is 9.72 Å². The fraction of sp³-hybridized carbons (Fsp3) is 0.500. The van der Waals surface area contributed by atoms with Crippen molar-refractivity contribution in [1.29, 1.82) is 0 Å². The summed E-state index contributed by atoms with van der Waals surface area (Å²) in [6.07, 6.45) is 0.765. The van der Waals surface area contributed by atoms with Gasteiger partial charge in [-0.25, -0.2) is 0 Å². The fourth-order valence-electron chi connectivity index (χ4n) is 2.47. The molecule has 1 aromatic carbocycles.